The second kappa shape index (κ2) is 8.06. The number of thioether (sulfide) groups is 1. The van der Waals surface area contributed by atoms with Crippen LogP contribution in [-0.2, 0) is 5.75 Å². The summed E-state index contributed by atoms with van der Waals surface area (Å²) in [4.78, 5) is 17.1. The van der Waals surface area contributed by atoms with Gasteiger partial charge in [0.2, 0.25) is 0 Å². The van der Waals surface area contributed by atoms with Gasteiger partial charge in [0.1, 0.15) is 5.75 Å². The summed E-state index contributed by atoms with van der Waals surface area (Å²) in [6.45, 7) is 5.74. The van der Waals surface area contributed by atoms with Gasteiger partial charge >= 0.3 is 0 Å². The zero-order valence-electron chi connectivity index (χ0n) is 14.8. The van der Waals surface area contributed by atoms with Gasteiger partial charge in [-0.25, -0.2) is 4.98 Å². The van der Waals surface area contributed by atoms with Crippen molar-refractivity contribution in [2.45, 2.75) is 17.7 Å². The summed E-state index contributed by atoms with van der Waals surface area (Å²) in [5.41, 5.74) is 3.83. The van der Waals surface area contributed by atoms with E-state index in [9.17, 15) is 4.79 Å². The molecule has 0 aliphatic rings. The van der Waals surface area contributed by atoms with Gasteiger partial charge < -0.3 is 4.74 Å². The van der Waals surface area contributed by atoms with Crippen molar-refractivity contribution in [2.24, 2.45) is 0 Å². The maximum atomic E-state index is 12.9. The van der Waals surface area contributed by atoms with Gasteiger partial charge in [-0.2, -0.15) is 0 Å². The lowest BCUT2D eigenvalue weighted by Crippen LogP contribution is -2.21. The third-order valence-corrected chi connectivity index (χ3v) is 5.03. The summed E-state index contributed by atoms with van der Waals surface area (Å²) in [5.74, 6) is 1.33. The molecule has 5 heteroatoms. The predicted octanol–water partition coefficient (Wildman–Crippen LogP) is 4.48. The van der Waals surface area contributed by atoms with Gasteiger partial charge in [-0.3, -0.25) is 9.36 Å². The van der Waals surface area contributed by atoms with E-state index < -0.39 is 0 Å². The van der Waals surface area contributed by atoms with Crippen LogP contribution in [0.4, 0.5) is 0 Å². The van der Waals surface area contributed by atoms with Gasteiger partial charge in [0.25, 0.3) is 5.56 Å². The van der Waals surface area contributed by atoms with E-state index in [0.29, 0.717) is 16.5 Å². The van der Waals surface area contributed by atoms with Crippen LogP contribution in [0.1, 0.15) is 16.7 Å². The number of hydrogen-bond acceptors (Lipinski definition) is 4. The number of ether oxygens (including phenoxy) is 1. The SMILES string of the molecule is C=Cc1ccc(CSc2nccn(-c3cc(C)ccc3OC)c2=O)cc1. The van der Waals surface area contributed by atoms with Crippen LogP contribution < -0.4 is 10.3 Å². The highest BCUT2D eigenvalue weighted by Gasteiger charge is 2.11. The lowest BCUT2D eigenvalue weighted by molar-refractivity contribution is 0.412. The molecule has 0 aliphatic carbocycles. The van der Waals surface area contributed by atoms with Crippen LogP contribution in [0.5, 0.6) is 5.75 Å². The van der Waals surface area contributed by atoms with E-state index >= 15 is 0 Å². The first kappa shape index (κ1) is 18.0. The van der Waals surface area contributed by atoms with E-state index in [2.05, 4.69) is 11.6 Å². The lowest BCUT2D eigenvalue weighted by atomic mass is 10.1. The van der Waals surface area contributed by atoms with Crippen molar-refractivity contribution in [3.63, 3.8) is 0 Å². The van der Waals surface area contributed by atoms with Crippen LogP contribution in [0, 0.1) is 6.92 Å². The Hall–Kier alpha value is -2.79. The molecule has 0 N–H and O–H groups in total. The normalized spacial score (nSPS) is 10.5. The van der Waals surface area contributed by atoms with Crippen molar-refractivity contribution >= 4 is 17.8 Å². The van der Waals surface area contributed by atoms with Gasteiger partial charge in [-0.05, 0) is 35.7 Å². The summed E-state index contributed by atoms with van der Waals surface area (Å²) in [6.07, 6.45) is 5.12. The zero-order chi connectivity index (χ0) is 18.5. The van der Waals surface area contributed by atoms with E-state index in [0.717, 1.165) is 22.4 Å². The fourth-order valence-corrected chi connectivity index (χ4v) is 3.43. The molecular formula is C21H20N2O2S. The molecule has 1 heterocycles. The van der Waals surface area contributed by atoms with E-state index in [1.807, 2.05) is 55.5 Å². The molecule has 132 valence electrons. The topological polar surface area (TPSA) is 44.1 Å². The summed E-state index contributed by atoms with van der Waals surface area (Å²) < 4.78 is 6.99. The number of methoxy groups -OCH3 is 1. The molecule has 26 heavy (non-hydrogen) atoms. The smallest absolute Gasteiger partial charge is 0.287 e. The molecule has 0 fully saturated rings. The molecular weight excluding hydrogens is 344 g/mol. The highest BCUT2D eigenvalue weighted by molar-refractivity contribution is 7.98. The van der Waals surface area contributed by atoms with E-state index in [1.165, 1.54) is 11.8 Å². The average Bonchev–Trinajstić information content (AvgIpc) is 2.67. The van der Waals surface area contributed by atoms with Crippen LogP contribution in [0.25, 0.3) is 11.8 Å². The minimum absolute atomic E-state index is 0.149. The Labute approximate surface area is 157 Å². The molecule has 3 aromatic rings. The molecule has 0 radical (unpaired) electrons. The van der Waals surface area contributed by atoms with Crippen LogP contribution in [-0.4, -0.2) is 16.7 Å². The minimum Gasteiger partial charge on any atom is -0.495 e. The number of rotatable bonds is 6. The van der Waals surface area contributed by atoms with Crippen molar-refractivity contribution in [3.8, 4) is 11.4 Å². The number of benzene rings is 2. The van der Waals surface area contributed by atoms with Gasteiger partial charge in [-0.15, -0.1) is 0 Å². The second-order valence-corrected chi connectivity index (χ2v) is 6.78. The average molecular weight is 364 g/mol. The highest BCUT2D eigenvalue weighted by Crippen LogP contribution is 2.24. The highest BCUT2D eigenvalue weighted by atomic mass is 32.2. The Morgan fingerprint density at radius 1 is 1.23 bits per heavy atom. The minimum atomic E-state index is -0.149. The molecule has 0 unspecified atom stereocenters. The van der Waals surface area contributed by atoms with Crippen molar-refractivity contribution in [3.05, 3.63) is 88.5 Å². The molecule has 1 aromatic heterocycles. The molecule has 0 amide bonds. The predicted molar refractivity (Wildman–Crippen MR) is 107 cm³/mol. The Kier molecular flexibility index (Phi) is 5.58. The standard InChI is InChI=1S/C21H20N2O2S/c1-4-16-6-8-17(9-7-16)14-26-20-21(24)23(12-11-22-20)18-13-15(2)5-10-19(18)25-3/h4-13H,1,14H2,2-3H3. The number of aromatic nitrogens is 2. The maximum Gasteiger partial charge on any atom is 0.287 e. The molecule has 0 saturated heterocycles. The van der Waals surface area contributed by atoms with Crippen molar-refractivity contribution < 1.29 is 4.74 Å². The third-order valence-electron chi connectivity index (χ3n) is 3.99. The number of aryl methyl sites for hydroxylation is 1. The molecule has 0 aliphatic heterocycles. The van der Waals surface area contributed by atoms with Crippen LogP contribution >= 0.6 is 11.8 Å². The van der Waals surface area contributed by atoms with Crippen molar-refractivity contribution in [2.75, 3.05) is 7.11 Å². The summed E-state index contributed by atoms with van der Waals surface area (Å²) in [5, 5.41) is 0.462. The fourth-order valence-electron chi connectivity index (χ4n) is 2.57. The maximum absolute atomic E-state index is 12.9. The van der Waals surface area contributed by atoms with Crippen LogP contribution in [0.3, 0.4) is 0 Å². The molecule has 0 atom stereocenters. The molecule has 0 bridgehead atoms. The van der Waals surface area contributed by atoms with Crippen molar-refractivity contribution in [1.82, 2.24) is 9.55 Å². The summed E-state index contributed by atoms with van der Waals surface area (Å²) in [6, 6.07) is 13.9. The number of hydrogen-bond donors (Lipinski definition) is 0. The van der Waals surface area contributed by atoms with E-state index in [4.69, 9.17) is 4.74 Å². The van der Waals surface area contributed by atoms with Crippen molar-refractivity contribution in [1.29, 1.82) is 0 Å². The molecule has 0 saturated carbocycles. The van der Waals surface area contributed by atoms with Gasteiger partial charge in [-0.1, -0.05) is 54.7 Å². The zero-order valence-corrected chi connectivity index (χ0v) is 15.6. The van der Waals surface area contributed by atoms with Gasteiger partial charge in [0.15, 0.2) is 5.03 Å². The van der Waals surface area contributed by atoms with Crippen LogP contribution in [0.15, 0.2) is 71.3 Å². The molecule has 4 nitrogen and oxygen atoms in total. The largest absolute Gasteiger partial charge is 0.495 e. The first-order chi connectivity index (χ1) is 12.6. The molecule has 2 aromatic carbocycles. The molecule has 0 spiro atoms. The monoisotopic (exact) mass is 364 g/mol. The Balaban J connectivity index is 1.89. The first-order valence-corrected chi connectivity index (χ1v) is 9.18. The van der Waals surface area contributed by atoms with Crippen LogP contribution in [0.2, 0.25) is 0 Å². The Bertz CT molecular complexity index is 978. The van der Waals surface area contributed by atoms with E-state index in [1.54, 1.807) is 24.1 Å². The first-order valence-electron chi connectivity index (χ1n) is 8.19. The summed E-state index contributed by atoms with van der Waals surface area (Å²) >= 11 is 1.43. The number of nitrogens with zero attached hydrogens (tertiary/aromatic N) is 2. The van der Waals surface area contributed by atoms with Gasteiger partial charge in [0, 0.05) is 18.1 Å². The van der Waals surface area contributed by atoms with Gasteiger partial charge in [0.05, 0.1) is 12.8 Å². The fraction of sp³-hybridized carbons (Fsp3) is 0.143. The second-order valence-electron chi connectivity index (χ2n) is 5.82. The third kappa shape index (κ3) is 3.89. The quantitative estimate of drug-likeness (QED) is 0.605. The molecule has 3 rings (SSSR count). The Morgan fingerprint density at radius 3 is 2.69 bits per heavy atom. The lowest BCUT2D eigenvalue weighted by Gasteiger charge is -2.12. The Morgan fingerprint density at radius 2 is 2.00 bits per heavy atom. The van der Waals surface area contributed by atoms with E-state index in [-0.39, 0.29) is 5.56 Å². The summed E-state index contributed by atoms with van der Waals surface area (Å²) in [7, 11) is 1.60.